The number of benzene rings is 2. The largest absolute Gasteiger partial charge is 0.416 e. The molecule has 0 atom stereocenters. The minimum Gasteiger partial charge on any atom is -0.322 e. The molecule has 0 fully saturated rings. The van der Waals surface area contributed by atoms with Gasteiger partial charge in [-0.2, -0.15) is 13.2 Å². The molecule has 170 valence electrons. The Balaban J connectivity index is 1.55. The van der Waals surface area contributed by atoms with Crippen LogP contribution in [0.5, 0.6) is 0 Å². The zero-order valence-electron chi connectivity index (χ0n) is 17.3. The Hall–Kier alpha value is -3.75. The Bertz CT molecular complexity index is 1210. The van der Waals surface area contributed by atoms with Gasteiger partial charge in [-0.25, -0.2) is 4.39 Å². The normalized spacial score (nSPS) is 13.4. The van der Waals surface area contributed by atoms with E-state index >= 15 is 0 Å². The van der Waals surface area contributed by atoms with Crippen molar-refractivity contribution in [2.75, 3.05) is 16.8 Å². The molecule has 0 spiro atoms. The number of halogens is 4. The van der Waals surface area contributed by atoms with Crippen molar-refractivity contribution in [1.29, 1.82) is 0 Å². The van der Waals surface area contributed by atoms with Crippen LogP contribution in [0.3, 0.4) is 0 Å². The first-order valence-electron chi connectivity index (χ1n) is 10.2. The summed E-state index contributed by atoms with van der Waals surface area (Å²) >= 11 is 0. The van der Waals surface area contributed by atoms with Gasteiger partial charge in [-0.15, -0.1) is 0 Å². The van der Waals surface area contributed by atoms with Crippen LogP contribution in [0.4, 0.5) is 28.9 Å². The zero-order chi connectivity index (χ0) is 23.6. The Morgan fingerprint density at radius 2 is 1.85 bits per heavy atom. The van der Waals surface area contributed by atoms with Gasteiger partial charge in [0.05, 0.1) is 28.9 Å². The maximum atomic E-state index is 13.4. The van der Waals surface area contributed by atoms with Gasteiger partial charge < -0.3 is 10.2 Å². The number of carbonyl (C=O) groups excluding carboxylic acids is 2. The van der Waals surface area contributed by atoms with Gasteiger partial charge in [0.1, 0.15) is 5.82 Å². The van der Waals surface area contributed by atoms with Crippen LogP contribution in [0.1, 0.15) is 33.6 Å². The molecule has 2 heterocycles. The number of amides is 2. The van der Waals surface area contributed by atoms with Gasteiger partial charge in [-0.3, -0.25) is 14.6 Å². The number of alkyl halides is 3. The molecule has 1 aromatic heterocycles. The van der Waals surface area contributed by atoms with E-state index in [4.69, 9.17) is 0 Å². The van der Waals surface area contributed by atoms with Gasteiger partial charge in [0.2, 0.25) is 5.91 Å². The highest BCUT2D eigenvalue weighted by molar-refractivity contribution is 6.05. The number of hydrogen-bond donors (Lipinski definition) is 1. The molecule has 0 radical (unpaired) electrons. The summed E-state index contributed by atoms with van der Waals surface area (Å²) in [5.41, 5.74) is 0.956. The number of nitrogens with zero attached hydrogens (tertiary/aromatic N) is 2. The Morgan fingerprint density at radius 3 is 2.61 bits per heavy atom. The average molecular weight is 457 g/mol. The van der Waals surface area contributed by atoms with Crippen LogP contribution in [-0.4, -0.2) is 23.3 Å². The van der Waals surface area contributed by atoms with Gasteiger partial charge >= 0.3 is 6.18 Å². The Morgan fingerprint density at radius 1 is 1.06 bits per heavy atom. The summed E-state index contributed by atoms with van der Waals surface area (Å²) in [6.45, 7) is 0.363. The zero-order valence-corrected chi connectivity index (χ0v) is 17.3. The molecule has 5 nitrogen and oxygen atoms in total. The number of pyridine rings is 1. The van der Waals surface area contributed by atoms with E-state index < -0.39 is 23.5 Å². The summed E-state index contributed by atoms with van der Waals surface area (Å²) in [5, 5.41) is 2.58. The van der Waals surface area contributed by atoms with Crippen LogP contribution in [0.2, 0.25) is 0 Å². The predicted octanol–water partition coefficient (Wildman–Crippen LogP) is 5.01. The second kappa shape index (κ2) is 9.01. The molecular weight excluding hydrogens is 438 g/mol. The van der Waals surface area contributed by atoms with E-state index in [2.05, 4.69) is 10.3 Å². The third-order valence-electron chi connectivity index (χ3n) is 5.29. The number of rotatable bonds is 4. The molecule has 0 unspecified atom stereocenters. The van der Waals surface area contributed by atoms with Crippen molar-refractivity contribution in [2.24, 2.45) is 0 Å². The predicted molar refractivity (Wildman–Crippen MR) is 114 cm³/mol. The second-order valence-corrected chi connectivity index (χ2v) is 7.68. The molecule has 1 N–H and O–H groups in total. The maximum Gasteiger partial charge on any atom is 0.416 e. The van der Waals surface area contributed by atoms with Gasteiger partial charge in [0, 0.05) is 18.4 Å². The lowest BCUT2D eigenvalue weighted by atomic mass is 10.0. The molecule has 0 bridgehead atoms. The summed E-state index contributed by atoms with van der Waals surface area (Å²) in [5.74, 6) is -1.41. The fourth-order valence-electron chi connectivity index (χ4n) is 3.71. The summed E-state index contributed by atoms with van der Waals surface area (Å²) in [7, 11) is 0. The summed E-state index contributed by atoms with van der Waals surface area (Å²) in [6.07, 6.45) is -2.08. The van der Waals surface area contributed by atoms with Crippen LogP contribution in [0.15, 0.2) is 60.8 Å². The van der Waals surface area contributed by atoms with Crippen LogP contribution < -0.4 is 10.2 Å². The molecule has 1 aliphatic rings. The quantitative estimate of drug-likeness (QED) is 0.560. The first-order valence-corrected chi connectivity index (χ1v) is 10.2. The molecule has 9 heteroatoms. The second-order valence-electron chi connectivity index (χ2n) is 7.68. The third-order valence-corrected chi connectivity index (χ3v) is 5.29. The fourth-order valence-corrected chi connectivity index (χ4v) is 3.71. The standard InChI is InChI=1S/C24H19F4N3O2/c25-18-6-2-7-19(13-18)30-23(33)16-12-21-20(29-14-16)8-3-9-31(21)22(32)11-15-4-1-5-17(10-15)24(26,27)28/h1-2,4-7,10,12-14H,3,8-9,11H2,(H,30,33). The molecule has 3 aromatic rings. The van der Waals surface area contributed by atoms with Crippen molar-refractivity contribution in [3.8, 4) is 0 Å². The van der Waals surface area contributed by atoms with Crippen LogP contribution in [0, 0.1) is 5.82 Å². The molecule has 0 saturated carbocycles. The van der Waals surface area contributed by atoms with Gasteiger partial charge in [-0.05, 0) is 48.7 Å². The van der Waals surface area contributed by atoms with E-state index in [9.17, 15) is 27.2 Å². The lowest BCUT2D eigenvalue weighted by molar-refractivity contribution is -0.137. The minimum absolute atomic E-state index is 0.178. The lowest BCUT2D eigenvalue weighted by Crippen LogP contribution is -2.37. The SMILES string of the molecule is O=C(Nc1cccc(F)c1)c1cnc2c(c1)N(C(=O)Cc1cccc(C(F)(F)F)c1)CCC2. The first kappa shape index (κ1) is 22.4. The van der Waals surface area contributed by atoms with E-state index in [-0.39, 0.29) is 29.1 Å². The number of nitrogens with one attached hydrogen (secondary N) is 1. The smallest absolute Gasteiger partial charge is 0.322 e. The molecule has 33 heavy (non-hydrogen) atoms. The highest BCUT2D eigenvalue weighted by Crippen LogP contribution is 2.31. The topological polar surface area (TPSA) is 62.3 Å². The first-order chi connectivity index (χ1) is 15.7. The van der Waals surface area contributed by atoms with Gasteiger partial charge in [0.25, 0.3) is 5.91 Å². The lowest BCUT2D eigenvalue weighted by Gasteiger charge is -2.29. The van der Waals surface area contributed by atoms with Crippen LogP contribution in [0.25, 0.3) is 0 Å². The molecule has 2 amide bonds. The summed E-state index contributed by atoms with van der Waals surface area (Å²) < 4.78 is 52.4. The molecule has 0 aliphatic carbocycles. The number of aryl methyl sites for hydroxylation is 1. The van der Waals surface area contributed by atoms with E-state index in [1.807, 2.05) is 0 Å². The van der Waals surface area contributed by atoms with Gasteiger partial charge in [-0.1, -0.05) is 24.3 Å². The van der Waals surface area contributed by atoms with E-state index in [0.717, 1.165) is 12.1 Å². The summed E-state index contributed by atoms with van der Waals surface area (Å²) in [4.78, 5) is 31.4. The van der Waals surface area contributed by atoms with E-state index in [1.54, 1.807) is 0 Å². The number of anilines is 2. The third kappa shape index (κ3) is 5.19. The van der Waals surface area contributed by atoms with E-state index in [0.29, 0.717) is 30.8 Å². The molecule has 0 saturated heterocycles. The van der Waals surface area contributed by atoms with Crippen molar-refractivity contribution < 1.29 is 27.2 Å². The van der Waals surface area contributed by atoms with Gasteiger partial charge in [0.15, 0.2) is 0 Å². The monoisotopic (exact) mass is 457 g/mol. The average Bonchev–Trinajstić information content (AvgIpc) is 2.78. The fraction of sp³-hybridized carbons (Fsp3) is 0.208. The van der Waals surface area contributed by atoms with Crippen molar-refractivity contribution in [1.82, 2.24) is 4.98 Å². The minimum atomic E-state index is -4.50. The van der Waals surface area contributed by atoms with Crippen molar-refractivity contribution >= 4 is 23.2 Å². The highest BCUT2D eigenvalue weighted by Gasteiger charge is 2.31. The highest BCUT2D eigenvalue weighted by atomic mass is 19.4. The van der Waals surface area contributed by atoms with Crippen molar-refractivity contribution in [3.05, 3.63) is 89.0 Å². The maximum absolute atomic E-state index is 13.4. The number of carbonyl (C=O) groups is 2. The number of fused-ring (bicyclic) bond motifs is 1. The Labute approximate surface area is 187 Å². The van der Waals surface area contributed by atoms with E-state index in [1.165, 1.54) is 53.6 Å². The van der Waals surface area contributed by atoms with Crippen molar-refractivity contribution in [2.45, 2.75) is 25.4 Å². The van der Waals surface area contributed by atoms with Crippen LogP contribution in [-0.2, 0) is 23.8 Å². The molecule has 4 rings (SSSR count). The molecule has 2 aromatic carbocycles. The number of hydrogen-bond acceptors (Lipinski definition) is 3. The number of aromatic nitrogens is 1. The molecular formula is C24H19F4N3O2. The summed E-state index contributed by atoms with van der Waals surface area (Å²) in [6, 6.07) is 11.6. The Kier molecular flexibility index (Phi) is 6.13. The van der Waals surface area contributed by atoms with Crippen molar-refractivity contribution in [3.63, 3.8) is 0 Å². The molecule has 1 aliphatic heterocycles. The van der Waals surface area contributed by atoms with Crippen LogP contribution >= 0.6 is 0 Å².